The van der Waals surface area contributed by atoms with Crippen LogP contribution in [0.1, 0.15) is 41.7 Å². The van der Waals surface area contributed by atoms with Gasteiger partial charge in [-0.05, 0) is 55.2 Å². The molecule has 19 heavy (non-hydrogen) atoms. The third kappa shape index (κ3) is 3.77. The van der Waals surface area contributed by atoms with Crippen LogP contribution in [0.2, 0.25) is 0 Å². The van der Waals surface area contributed by atoms with E-state index in [0.717, 1.165) is 28.4 Å². The van der Waals surface area contributed by atoms with E-state index in [9.17, 15) is 4.79 Å². The molecule has 6 heteroatoms. The van der Waals surface area contributed by atoms with Crippen LogP contribution in [0.25, 0.3) is 0 Å². The number of halogens is 1. The zero-order chi connectivity index (χ0) is 13.8. The Morgan fingerprint density at radius 1 is 1.63 bits per heavy atom. The summed E-state index contributed by atoms with van der Waals surface area (Å²) < 4.78 is 0.819. The van der Waals surface area contributed by atoms with Crippen LogP contribution < -0.4 is 5.32 Å². The molecule has 1 fully saturated rings. The summed E-state index contributed by atoms with van der Waals surface area (Å²) in [6.45, 7) is 7.12. The van der Waals surface area contributed by atoms with Crippen molar-refractivity contribution in [3.8, 4) is 0 Å². The number of nitrogens with one attached hydrogen (secondary N) is 1. The first kappa shape index (κ1) is 14.9. The van der Waals surface area contributed by atoms with Gasteiger partial charge in [-0.25, -0.2) is 4.98 Å². The number of thiazole rings is 1. The van der Waals surface area contributed by atoms with Crippen molar-refractivity contribution in [3.63, 3.8) is 0 Å². The second kappa shape index (κ2) is 6.81. The summed E-state index contributed by atoms with van der Waals surface area (Å²) >= 11 is 4.89. The van der Waals surface area contributed by atoms with Crippen molar-refractivity contribution < 1.29 is 4.79 Å². The van der Waals surface area contributed by atoms with Crippen molar-refractivity contribution in [2.75, 3.05) is 19.6 Å². The SMILES string of the molecule is CCCN1CCC[C@H]1CNC(=O)c1nc(C)sc1Br. The van der Waals surface area contributed by atoms with Crippen molar-refractivity contribution in [2.24, 2.45) is 0 Å². The maximum atomic E-state index is 12.1. The minimum absolute atomic E-state index is 0.0698. The number of carbonyl (C=O) groups excluding carboxylic acids is 1. The van der Waals surface area contributed by atoms with Gasteiger partial charge in [0, 0.05) is 12.6 Å². The zero-order valence-corrected chi connectivity index (χ0v) is 13.8. The van der Waals surface area contributed by atoms with Crippen LogP contribution in [0.15, 0.2) is 3.79 Å². The Labute approximate surface area is 126 Å². The Kier molecular flexibility index (Phi) is 5.36. The molecule has 2 heterocycles. The molecule has 2 rings (SSSR count). The Hall–Kier alpha value is -0.460. The lowest BCUT2D eigenvalue weighted by atomic mass is 10.2. The van der Waals surface area contributed by atoms with Crippen LogP contribution in [0, 0.1) is 6.92 Å². The average Bonchev–Trinajstić information content (AvgIpc) is 2.93. The third-order valence-corrected chi connectivity index (χ3v) is 5.04. The van der Waals surface area contributed by atoms with E-state index >= 15 is 0 Å². The molecule has 0 aromatic carbocycles. The summed E-state index contributed by atoms with van der Waals surface area (Å²) in [5, 5.41) is 3.92. The highest BCUT2D eigenvalue weighted by atomic mass is 79.9. The standard InChI is InChI=1S/C13H20BrN3OS/c1-3-6-17-7-4-5-10(17)8-15-13(18)11-12(14)19-9(2)16-11/h10H,3-8H2,1-2H3,(H,15,18)/t10-/m0/s1. The van der Waals surface area contributed by atoms with Crippen LogP contribution in [-0.2, 0) is 0 Å². The van der Waals surface area contributed by atoms with E-state index in [1.807, 2.05) is 6.92 Å². The van der Waals surface area contributed by atoms with E-state index in [4.69, 9.17) is 0 Å². The number of aryl methyl sites for hydroxylation is 1. The molecule has 0 aliphatic carbocycles. The van der Waals surface area contributed by atoms with Crippen molar-refractivity contribution in [1.29, 1.82) is 0 Å². The predicted molar refractivity (Wildman–Crippen MR) is 81.8 cm³/mol. The number of hydrogen-bond acceptors (Lipinski definition) is 4. The Morgan fingerprint density at radius 3 is 3.05 bits per heavy atom. The maximum Gasteiger partial charge on any atom is 0.272 e. The van der Waals surface area contributed by atoms with Gasteiger partial charge in [-0.2, -0.15) is 0 Å². The molecule has 1 aliphatic rings. The topological polar surface area (TPSA) is 45.2 Å². The molecule has 1 atom stereocenters. The summed E-state index contributed by atoms with van der Waals surface area (Å²) in [6.07, 6.45) is 3.58. The first-order valence-electron chi connectivity index (χ1n) is 6.77. The molecule has 106 valence electrons. The predicted octanol–water partition coefficient (Wildman–Crippen LogP) is 2.82. The molecule has 1 N–H and O–H groups in total. The molecule has 0 unspecified atom stereocenters. The molecule has 0 bridgehead atoms. The van der Waals surface area contributed by atoms with Gasteiger partial charge in [0.1, 0.15) is 3.79 Å². The Balaban J connectivity index is 1.88. The quantitative estimate of drug-likeness (QED) is 0.892. The first-order chi connectivity index (χ1) is 9.11. The van der Waals surface area contributed by atoms with Gasteiger partial charge in [0.25, 0.3) is 5.91 Å². The van der Waals surface area contributed by atoms with Crippen LogP contribution in [0.4, 0.5) is 0 Å². The molecule has 1 amide bonds. The van der Waals surface area contributed by atoms with Crippen molar-refractivity contribution in [3.05, 3.63) is 14.5 Å². The lowest BCUT2D eigenvalue weighted by Gasteiger charge is -2.23. The average molecular weight is 346 g/mol. The normalized spacial score (nSPS) is 19.8. The lowest BCUT2D eigenvalue weighted by Crippen LogP contribution is -2.40. The number of carbonyl (C=O) groups is 1. The van der Waals surface area contributed by atoms with Gasteiger partial charge in [-0.15, -0.1) is 11.3 Å². The molecule has 0 spiro atoms. The highest BCUT2D eigenvalue weighted by Gasteiger charge is 2.24. The van der Waals surface area contributed by atoms with Gasteiger partial charge in [0.15, 0.2) is 5.69 Å². The molecule has 1 aliphatic heterocycles. The molecule has 0 saturated carbocycles. The Bertz CT molecular complexity index is 449. The second-order valence-electron chi connectivity index (χ2n) is 4.90. The summed E-state index contributed by atoms with van der Waals surface area (Å²) in [5.41, 5.74) is 0.516. The van der Waals surface area contributed by atoms with Gasteiger partial charge >= 0.3 is 0 Å². The monoisotopic (exact) mass is 345 g/mol. The van der Waals surface area contributed by atoms with Crippen molar-refractivity contribution in [2.45, 2.75) is 39.2 Å². The zero-order valence-electron chi connectivity index (χ0n) is 11.4. The number of aromatic nitrogens is 1. The van der Waals surface area contributed by atoms with Crippen LogP contribution >= 0.6 is 27.3 Å². The molecule has 1 saturated heterocycles. The fourth-order valence-electron chi connectivity index (χ4n) is 2.54. The summed E-state index contributed by atoms with van der Waals surface area (Å²) in [6, 6.07) is 0.488. The van der Waals surface area contributed by atoms with E-state index in [1.54, 1.807) is 0 Å². The molecular formula is C13H20BrN3OS. The first-order valence-corrected chi connectivity index (χ1v) is 8.38. The van der Waals surface area contributed by atoms with E-state index < -0.39 is 0 Å². The number of rotatable bonds is 5. The van der Waals surface area contributed by atoms with Gasteiger partial charge in [0.05, 0.1) is 5.01 Å². The van der Waals surface area contributed by atoms with E-state index in [0.29, 0.717) is 11.7 Å². The molecular weight excluding hydrogens is 326 g/mol. The highest BCUT2D eigenvalue weighted by molar-refractivity contribution is 9.11. The van der Waals surface area contributed by atoms with Crippen LogP contribution in [0.5, 0.6) is 0 Å². The second-order valence-corrected chi connectivity index (χ2v) is 7.42. The van der Waals surface area contributed by atoms with Crippen LogP contribution in [0.3, 0.4) is 0 Å². The third-order valence-electron chi connectivity index (χ3n) is 3.42. The largest absolute Gasteiger partial charge is 0.349 e. The van der Waals surface area contributed by atoms with Crippen LogP contribution in [-0.4, -0.2) is 41.5 Å². The molecule has 4 nitrogen and oxygen atoms in total. The van der Waals surface area contributed by atoms with Gasteiger partial charge in [-0.3, -0.25) is 9.69 Å². The molecule has 1 aromatic heterocycles. The summed E-state index contributed by atoms with van der Waals surface area (Å²) in [7, 11) is 0. The highest BCUT2D eigenvalue weighted by Crippen LogP contribution is 2.24. The van der Waals surface area contributed by atoms with E-state index in [2.05, 4.69) is 38.1 Å². The van der Waals surface area contributed by atoms with Gasteiger partial charge < -0.3 is 5.32 Å². The number of hydrogen-bond donors (Lipinski definition) is 1. The summed E-state index contributed by atoms with van der Waals surface area (Å²) in [4.78, 5) is 18.8. The van der Waals surface area contributed by atoms with Gasteiger partial charge in [0.2, 0.25) is 0 Å². The fourth-order valence-corrected chi connectivity index (χ4v) is 4.15. The minimum Gasteiger partial charge on any atom is -0.349 e. The fraction of sp³-hybridized carbons (Fsp3) is 0.692. The van der Waals surface area contributed by atoms with E-state index in [1.165, 1.54) is 30.6 Å². The smallest absolute Gasteiger partial charge is 0.272 e. The lowest BCUT2D eigenvalue weighted by molar-refractivity contribution is 0.0935. The maximum absolute atomic E-state index is 12.1. The summed E-state index contributed by atoms with van der Waals surface area (Å²) in [5.74, 6) is -0.0698. The number of likely N-dealkylation sites (tertiary alicyclic amines) is 1. The molecule has 0 radical (unpaired) electrons. The number of nitrogens with zero attached hydrogens (tertiary/aromatic N) is 2. The minimum atomic E-state index is -0.0698. The molecule has 1 aromatic rings. The number of amides is 1. The van der Waals surface area contributed by atoms with Crippen molar-refractivity contribution >= 4 is 33.2 Å². The Morgan fingerprint density at radius 2 is 2.42 bits per heavy atom. The van der Waals surface area contributed by atoms with Gasteiger partial charge in [-0.1, -0.05) is 6.92 Å². The van der Waals surface area contributed by atoms with E-state index in [-0.39, 0.29) is 5.91 Å². The van der Waals surface area contributed by atoms with Crippen molar-refractivity contribution in [1.82, 2.24) is 15.2 Å².